The Balaban J connectivity index is 2.51. The molecule has 20 heavy (non-hydrogen) atoms. The molecular weight excluding hydrogens is 250 g/mol. The monoisotopic (exact) mass is 279 g/mol. The average Bonchev–Trinajstić information content (AvgIpc) is 2.43. The van der Waals surface area contributed by atoms with Gasteiger partial charge in [-0.25, -0.2) is 0 Å². The Hall–Kier alpha value is -0.900. The summed E-state index contributed by atoms with van der Waals surface area (Å²) in [7, 11) is 1.66. The van der Waals surface area contributed by atoms with Crippen molar-refractivity contribution in [3.05, 3.63) is 35.4 Å². The summed E-state index contributed by atoms with van der Waals surface area (Å²) >= 11 is 0. The number of methoxy groups -OCH3 is 1. The van der Waals surface area contributed by atoms with Gasteiger partial charge in [-0.2, -0.15) is 0 Å². The lowest BCUT2D eigenvalue weighted by Crippen LogP contribution is -2.39. The van der Waals surface area contributed by atoms with E-state index in [0.717, 1.165) is 0 Å². The quantitative estimate of drug-likeness (QED) is 0.767. The van der Waals surface area contributed by atoms with Crippen LogP contribution in [0.1, 0.15) is 57.2 Å². The molecule has 0 aromatic heterocycles. The Bertz CT molecular complexity index is 384. The van der Waals surface area contributed by atoms with E-state index in [1.54, 1.807) is 7.11 Å². The average molecular weight is 279 g/mol. The van der Waals surface area contributed by atoms with Gasteiger partial charge < -0.3 is 15.2 Å². The van der Waals surface area contributed by atoms with Crippen LogP contribution in [0.3, 0.4) is 0 Å². The van der Waals surface area contributed by atoms with Crippen molar-refractivity contribution < 1.29 is 9.84 Å². The molecule has 3 heteroatoms. The molecule has 0 saturated heterocycles. The molecule has 1 aromatic carbocycles. The van der Waals surface area contributed by atoms with Crippen molar-refractivity contribution in [3.8, 4) is 0 Å². The molecule has 0 fully saturated rings. The topological polar surface area (TPSA) is 41.5 Å². The SMILES string of the molecule is COCCC(C)(O)CNC(C)c1ccc(C(C)C)cc1. The molecule has 0 saturated carbocycles. The largest absolute Gasteiger partial charge is 0.389 e. The number of aliphatic hydroxyl groups is 1. The van der Waals surface area contributed by atoms with Crippen molar-refractivity contribution in [1.29, 1.82) is 0 Å². The van der Waals surface area contributed by atoms with Gasteiger partial charge in [0.15, 0.2) is 0 Å². The van der Waals surface area contributed by atoms with Crippen LogP contribution in [0.15, 0.2) is 24.3 Å². The van der Waals surface area contributed by atoms with E-state index in [4.69, 9.17) is 4.74 Å². The molecule has 0 heterocycles. The van der Waals surface area contributed by atoms with Gasteiger partial charge in [0, 0.05) is 32.7 Å². The van der Waals surface area contributed by atoms with Crippen LogP contribution in [-0.2, 0) is 4.74 Å². The highest BCUT2D eigenvalue weighted by atomic mass is 16.5. The third-order valence-corrected chi connectivity index (χ3v) is 3.74. The van der Waals surface area contributed by atoms with E-state index in [2.05, 4.69) is 50.4 Å². The number of rotatable bonds is 8. The molecule has 114 valence electrons. The van der Waals surface area contributed by atoms with Crippen molar-refractivity contribution in [1.82, 2.24) is 5.32 Å². The molecule has 0 bridgehead atoms. The standard InChI is InChI=1S/C17H29NO2/c1-13(2)15-6-8-16(9-7-15)14(3)18-12-17(4,19)10-11-20-5/h6-9,13-14,18-19H,10-12H2,1-5H3. The lowest BCUT2D eigenvalue weighted by Gasteiger charge is -2.26. The normalized spacial score (nSPS) is 16.1. The second-order valence-electron chi connectivity index (χ2n) is 6.16. The Morgan fingerprint density at radius 3 is 2.20 bits per heavy atom. The fourth-order valence-electron chi connectivity index (χ4n) is 2.07. The first-order valence-electron chi connectivity index (χ1n) is 7.40. The summed E-state index contributed by atoms with van der Waals surface area (Å²) in [6, 6.07) is 8.92. The Kier molecular flexibility index (Phi) is 6.66. The molecule has 2 unspecified atom stereocenters. The fraction of sp³-hybridized carbons (Fsp3) is 0.647. The second kappa shape index (κ2) is 7.77. The molecule has 2 N–H and O–H groups in total. The smallest absolute Gasteiger partial charge is 0.0765 e. The van der Waals surface area contributed by atoms with Gasteiger partial charge in [0.05, 0.1) is 5.60 Å². The van der Waals surface area contributed by atoms with Gasteiger partial charge >= 0.3 is 0 Å². The molecule has 1 aromatic rings. The first kappa shape index (κ1) is 17.2. The van der Waals surface area contributed by atoms with Crippen LogP contribution in [0.25, 0.3) is 0 Å². The first-order chi connectivity index (χ1) is 9.35. The van der Waals surface area contributed by atoms with Gasteiger partial charge in [-0.3, -0.25) is 0 Å². The number of nitrogens with one attached hydrogen (secondary N) is 1. The summed E-state index contributed by atoms with van der Waals surface area (Å²) < 4.78 is 5.02. The summed E-state index contributed by atoms with van der Waals surface area (Å²) in [5, 5.41) is 13.6. The Morgan fingerprint density at radius 1 is 1.15 bits per heavy atom. The van der Waals surface area contributed by atoms with E-state index in [-0.39, 0.29) is 6.04 Å². The molecule has 2 atom stereocenters. The number of hydrogen-bond donors (Lipinski definition) is 2. The van der Waals surface area contributed by atoms with E-state index in [0.29, 0.717) is 25.5 Å². The molecular formula is C17H29NO2. The summed E-state index contributed by atoms with van der Waals surface area (Å²) in [6.45, 7) is 9.49. The minimum atomic E-state index is -0.734. The van der Waals surface area contributed by atoms with Crippen LogP contribution in [0.2, 0.25) is 0 Å². The Labute approximate surface area is 123 Å². The van der Waals surface area contributed by atoms with Gasteiger partial charge in [-0.05, 0) is 30.9 Å². The lowest BCUT2D eigenvalue weighted by atomic mass is 9.98. The van der Waals surface area contributed by atoms with Crippen LogP contribution in [0.4, 0.5) is 0 Å². The van der Waals surface area contributed by atoms with Crippen molar-refractivity contribution in [2.24, 2.45) is 0 Å². The zero-order valence-corrected chi connectivity index (χ0v) is 13.4. The summed E-state index contributed by atoms with van der Waals surface area (Å²) in [6.07, 6.45) is 0.634. The number of ether oxygens (including phenoxy) is 1. The number of hydrogen-bond acceptors (Lipinski definition) is 3. The van der Waals surface area contributed by atoms with Gasteiger partial charge in [0.25, 0.3) is 0 Å². The summed E-state index contributed by atoms with van der Waals surface area (Å²) in [5.74, 6) is 0.557. The minimum absolute atomic E-state index is 0.227. The molecule has 0 aliphatic heterocycles. The van der Waals surface area contributed by atoms with Crippen molar-refractivity contribution in [2.75, 3.05) is 20.3 Å². The fourth-order valence-corrected chi connectivity index (χ4v) is 2.07. The maximum absolute atomic E-state index is 10.2. The summed E-state index contributed by atoms with van der Waals surface area (Å²) in [4.78, 5) is 0. The van der Waals surface area contributed by atoms with Crippen LogP contribution in [0, 0.1) is 0 Å². The van der Waals surface area contributed by atoms with Crippen LogP contribution in [0.5, 0.6) is 0 Å². The van der Waals surface area contributed by atoms with Crippen molar-refractivity contribution >= 4 is 0 Å². The highest BCUT2D eigenvalue weighted by Gasteiger charge is 2.20. The molecule has 0 radical (unpaired) electrons. The van der Waals surface area contributed by atoms with Crippen molar-refractivity contribution in [3.63, 3.8) is 0 Å². The first-order valence-corrected chi connectivity index (χ1v) is 7.40. The molecule has 0 aliphatic carbocycles. The molecule has 0 spiro atoms. The highest BCUT2D eigenvalue weighted by Crippen LogP contribution is 2.19. The van der Waals surface area contributed by atoms with Crippen LogP contribution < -0.4 is 5.32 Å². The zero-order chi connectivity index (χ0) is 15.2. The maximum Gasteiger partial charge on any atom is 0.0765 e. The number of benzene rings is 1. The highest BCUT2D eigenvalue weighted by molar-refractivity contribution is 5.26. The second-order valence-corrected chi connectivity index (χ2v) is 6.16. The molecule has 0 amide bonds. The maximum atomic E-state index is 10.2. The zero-order valence-electron chi connectivity index (χ0n) is 13.4. The van der Waals surface area contributed by atoms with E-state index in [1.165, 1.54) is 11.1 Å². The molecule has 3 nitrogen and oxygen atoms in total. The summed E-state index contributed by atoms with van der Waals surface area (Å²) in [5.41, 5.74) is 1.87. The van der Waals surface area contributed by atoms with Gasteiger partial charge in [-0.1, -0.05) is 38.1 Å². The molecule has 1 rings (SSSR count). The Morgan fingerprint density at radius 2 is 1.70 bits per heavy atom. The predicted octanol–water partition coefficient (Wildman–Crippen LogP) is 3.25. The minimum Gasteiger partial charge on any atom is -0.389 e. The van der Waals surface area contributed by atoms with E-state index < -0.39 is 5.60 Å². The van der Waals surface area contributed by atoms with Gasteiger partial charge in [0.1, 0.15) is 0 Å². The van der Waals surface area contributed by atoms with E-state index in [1.807, 2.05) is 6.92 Å². The van der Waals surface area contributed by atoms with Crippen LogP contribution >= 0.6 is 0 Å². The van der Waals surface area contributed by atoms with E-state index in [9.17, 15) is 5.11 Å². The third kappa shape index (κ3) is 5.61. The molecule has 0 aliphatic rings. The lowest BCUT2D eigenvalue weighted by molar-refractivity contribution is 0.0231. The predicted molar refractivity (Wildman–Crippen MR) is 84.1 cm³/mol. The van der Waals surface area contributed by atoms with Crippen molar-refractivity contribution in [2.45, 2.75) is 51.7 Å². The third-order valence-electron chi connectivity index (χ3n) is 3.74. The van der Waals surface area contributed by atoms with Crippen LogP contribution in [-0.4, -0.2) is 31.0 Å². The van der Waals surface area contributed by atoms with Gasteiger partial charge in [-0.15, -0.1) is 0 Å². The van der Waals surface area contributed by atoms with Gasteiger partial charge in [0.2, 0.25) is 0 Å². The van der Waals surface area contributed by atoms with E-state index >= 15 is 0 Å².